The van der Waals surface area contributed by atoms with Gasteiger partial charge in [-0.25, -0.2) is 4.98 Å². The van der Waals surface area contributed by atoms with Gasteiger partial charge in [0.25, 0.3) is 0 Å². The molecule has 0 fully saturated rings. The van der Waals surface area contributed by atoms with E-state index in [1.54, 1.807) is 6.20 Å². The second-order valence-electron chi connectivity index (χ2n) is 5.25. The van der Waals surface area contributed by atoms with Crippen LogP contribution in [0, 0.1) is 0 Å². The third-order valence-electron chi connectivity index (χ3n) is 2.56. The first-order valence-electron chi connectivity index (χ1n) is 6.32. The molecule has 1 rings (SSSR count). The number of hydrogen-bond donors (Lipinski definition) is 1. The van der Waals surface area contributed by atoms with E-state index in [0.717, 1.165) is 0 Å². The van der Waals surface area contributed by atoms with Crippen molar-refractivity contribution < 1.29 is 9.47 Å². The molecular weight excluding hydrogens is 228 g/mol. The minimum Gasteiger partial charge on any atom is -0.475 e. The number of nitrogens with one attached hydrogen (secondary N) is 1. The molecule has 0 radical (unpaired) electrons. The molecule has 1 aromatic heterocycles. The lowest BCUT2D eigenvalue weighted by atomic mass is 10.1. The first-order valence-corrected chi connectivity index (χ1v) is 6.32. The van der Waals surface area contributed by atoms with Crippen molar-refractivity contribution in [2.24, 2.45) is 0 Å². The van der Waals surface area contributed by atoms with Gasteiger partial charge >= 0.3 is 0 Å². The molecule has 0 saturated carbocycles. The lowest BCUT2D eigenvalue weighted by molar-refractivity contribution is -0.0168. The quantitative estimate of drug-likeness (QED) is 0.790. The highest BCUT2D eigenvalue weighted by atomic mass is 16.5. The Bertz CT molecular complexity index is 361. The Labute approximate surface area is 110 Å². The topological polar surface area (TPSA) is 43.4 Å². The summed E-state index contributed by atoms with van der Waals surface area (Å²) >= 11 is 0. The maximum absolute atomic E-state index is 5.58. The Balaban J connectivity index is 2.43. The minimum absolute atomic E-state index is 0.126. The average molecular weight is 252 g/mol. The van der Waals surface area contributed by atoms with E-state index < -0.39 is 0 Å². The van der Waals surface area contributed by atoms with Gasteiger partial charge in [0.15, 0.2) is 0 Å². The molecule has 0 aliphatic heterocycles. The highest BCUT2D eigenvalue weighted by molar-refractivity contribution is 5.23. The monoisotopic (exact) mass is 252 g/mol. The molecule has 1 aromatic rings. The summed E-state index contributed by atoms with van der Waals surface area (Å²) in [5.74, 6) is 0.645. The fourth-order valence-electron chi connectivity index (χ4n) is 1.43. The van der Waals surface area contributed by atoms with E-state index in [0.29, 0.717) is 25.1 Å². The second kappa shape index (κ2) is 6.71. The molecule has 4 heteroatoms. The summed E-state index contributed by atoms with van der Waals surface area (Å²) in [5.41, 5.74) is 1.04. The Hall–Kier alpha value is -1.13. The van der Waals surface area contributed by atoms with Crippen LogP contribution in [0.5, 0.6) is 5.88 Å². The third kappa shape index (κ3) is 5.47. The van der Waals surface area contributed by atoms with E-state index in [9.17, 15) is 0 Å². The van der Waals surface area contributed by atoms with Crippen molar-refractivity contribution in [3.63, 3.8) is 0 Å². The first kappa shape index (κ1) is 14.9. The van der Waals surface area contributed by atoms with Crippen molar-refractivity contribution in [2.45, 2.75) is 39.3 Å². The largest absolute Gasteiger partial charge is 0.475 e. The van der Waals surface area contributed by atoms with Crippen molar-refractivity contribution in [2.75, 3.05) is 20.3 Å². The summed E-state index contributed by atoms with van der Waals surface area (Å²) in [6.45, 7) is 9.27. The molecule has 0 aromatic carbocycles. The van der Waals surface area contributed by atoms with E-state index in [2.05, 4.69) is 17.2 Å². The maximum atomic E-state index is 5.58. The zero-order valence-corrected chi connectivity index (χ0v) is 12.0. The van der Waals surface area contributed by atoms with Crippen molar-refractivity contribution in [1.82, 2.24) is 10.3 Å². The summed E-state index contributed by atoms with van der Waals surface area (Å²) in [6, 6.07) is 4.24. The van der Waals surface area contributed by atoms with Crippen molar-refractivity contribution in [3.05, 3.63) is 23.9 Å². The second-order valence-corrected chi connectivity index (χ2v) is 5.25. The van der Waals surface area contributed by atoms with Crippen LogP contribution in [0.2, 0.25) is 0 Å². The van der Waals surface area contributed by atoms with Gasteiger partial charge in [-0.15, -0.1) is 0 Å². The summed E-state index contributed by atoms with van der Waals surface area (Å²) in [6.07, 6.45) is 1.77. The number of nitrogens with zero attached hydrogens (tertiary/aromatic N) is 1. The minimum atomic E-state index is -0.126. The Morgan fingerprint density at radius 1 is 1.33 bits per heavy atom. The van der Waals surface area contributed by atoms with Gasteiger partial charge in [0, 0.05) is 18.3 Å². The number of aromatic nitrogens is 1. The smallest absolute Gasteiger partial charge is 0.213 e. The zero-order valence-electron chi connectivity index (χ0n) is 12.0. The van der Waals surface area contributed by atoms with Gasteiger partial charge in [0.05, 0.1) is 12.2 Å². The zero-order chi connectivity index (χ0) is 13.6. The van der Waals surface area contributed by atoms with Crippen LogP contribution in [0.15, 0.2) is 18.3 Å². The lowest BCUT2D eigenvalue weighted by Gasteiger charge is -2.19. The Kier molecular flexibility index (Phi) is 5.56. The van der Waals surface area contributed by atoms with Gasteiger partial charge in [-0.05, 0) is 46.4 Å². The van der Waals surface area contributed by atoms with Crippen LogP contribution in [-0.2, 0) is 4.74 Å². The molecule has 0 spiro atoms. The normalized spacial score (nSPS) is 13.4. The predicted octanol–water partition coefficient (Wildman–Crippen LogP) is 2.56. The van der Waals surface area contributed by atoms with Gasteiger partial charge in [0.2, 0.25) is 5.88 Å². The molecule has 1 N–H and O–H groups in total. The molecule has 4 nitrogen and oxygen atoms in total. The van der Waals surface area contributed by atoms with Gasteiger partial charge in [-0.2, -0.15) is 0 Å². The molecule has 0 amide bonds. The van der Waals surface area contributed by atoms with Crippen LogP contribution in [-0.4, -0.2) is 30.8 Å². The highest BCUT2D eigenvalue weighted by Gasteiger charge is 2.09. The molecule has 1 atom stereocenters. The fourth-order valence-corrected chi connectivity index (χ4v) is 1.43. The van der Waals surface area contributed by atoms with Crippen LogP contribution in [0.25, 0.3) is 0 Å². The van der Waals surface area contributed by atoms with Crippen LogP contribution in [0.1, 0.15) is 39.3 Å². The SMILES string of the molecule is CNC(C)c1ccnc(OCCOC(C)(C)C)c1. The molecule has 102 valence electrons. The van der Waals surface area contributed by atoms with Crippen molar-refractivity contribution in [3.8, 4) is 5.88 Å². The molecule has 1 unspecified atom stereocenters. The summed E-state index contributed by atoms with van der Waals surface area (Å²) in [5, 5.41) is 3.19. The lowest BCUT2D eigenvalue weighted by Crippen LogP contribution is -2.22. The van der Waals surface area contributed by atoms with Gasteiger partial charge in [0.1, 0.15) is 6.61 Å². The number of hydrogen-bond acceptors (Lipinski definition) is 4. The molecule has 1 heterocycles. The fraction of sp³-hybridized carbons (Fsp3) is 0.643. The molecule has 0 bridgehead atoms. The van der Waals surface area contributed by atoms with E-state index in [4.69, 9.17) is 9.47 Å². The van der Waals surface area contributed by atoms with Crippen LogP contribution < -0.4 is 10.1 Å². The van der Waals surface area contributed by atoms with E-state index in [1.807, 2.05) is 40.0 Å². The number of ether oxygens (including phenoxy) is 2. The van der Waals surface area contributed by atoms with Crippen molar-refractivity contribution >= 4 is 0 Å². The van der Waals surface area contributed by atoms with Gasteiger partial charge in [-0.3, -0.25) is 0 Å². The number of rotatable bonds is 6. The Morgan fingerprint density at radius 3 is 2.67 bits per heavy atom. The van der Waals surface area contributed by atoms with Gasteiger partial charge < -0.3 is 14.8 Å². The van der Waals surface area contributed by atoms with E-state index in [1.165, 1.54) is 5.56 Å². The van der Waals surface area contributed by atoms with Crippen molar-refractivity contribution in [1.29, 1.82) is 0 Å². The summed E-state index contributed by atoms with van der Waals surface area (Å²) in [4.78, 5) is 4.18. The highest BCUT2D eigenvalue weighted by Crippen LogP contribution is 2.16. The van der Waals surface area contributed by atoms with E-state index in [-0.39, 0.29) is 5.60 Å². The molecule has 0 aliphatic carbocycles. The maximum Gasteiger partial charge on any atom is 0.213 e. The first-order chi connectivity index (χ1) is 8.42. The van der Waals surface area contributed by atoms with Crippen LogP contribution in [0.3, 0.4) is 0 Å². The standard InChI is InChI=1S/C14H24N2O2/c1-11(15-5)12-6-7-16-13(10-12)17-8-9-18-14(2,3)4/h6-7,10-11,15H,8-9H2,1-5H3. The molecule has 18 heavy (non-hydrogen) atoms. The summed E-state index contributed by atoms with van der Waals surface area (Å²) < 4.78 is 11.2. The molecule has 0 saturated heterocycles. The Morgan fingerprint density at radius 2 is 2.06 bits per heavy atom. The van der Waals surface area contributed by atoms with Crippen LogP contribution >= 0.6 is 0 Å². The third-order valence-corrected chi connectivity index (χ3v) is 2.56. The van der Waals surface area contributed by atoms with Crippen LogP contribution in [0.4, 0.5) is 0 Å². The summed E-state index contributed by atoms with van der Waals surface area (Å²) in [7, 11) is 1.93. The molecular formula is C14H24N2O2. The molecule has 0 aliphatic rings. The predicted molar refractivity (Wildman–Crippen MR) is 72.9 cm³/mol. The number of pyridine rings is 1. The average Bonchev–Trinajstić information content (AvgIpc) is 2.33. The van der Waals surface area contributed by atoms with E-state index >= 15 is 0 Å². The van der Waals surface area contributed by atoms with Gasteiger partial charge in [-0.1, -0.05) is 0 Å².